The van der Waals surface area contributed by atoms with E-state index >= 15 is 0 Å². The van der Waals surface area contributed by atoms with Crippen molar-refractivity contribution in [1.29, 1.82) is 0 Å². The third-order valence-corrected chi connectivity index (χ3v) is 11.3. The van der Waals surface area contributed by atoms with Gasteiger partial charge in [-0.05, 0) is 108 Å². The number of anilines is 1. The molecule has 0 aromatic heterocycles. The molecule has 2 aromatic carbocycles. The fourth-order valence-corrected chi connectivity index (χ4v) is 8.40. The number of carbonyl (C=O) groups excluding carboxylic acids is 6. The highest BCUT2D eigenvalue weighted by atomic mass is 16.6. The van der Waals surface area contributed by atoms with E-state index in [0.29, 0.717) is 75.0 Å². The fourth-order valence-electron chi connectivity index (χ4n) is 8.40. The zero-order valence-corrected chi connectivity index (χ0v) is 27.9. The van der Waals surface area contributed by atoms with Gasteiger partial charge in [-0.2, -0.15) is 0 Å². The predicted molar refractivity (Wildman–Crippen MR) is 175 cm³/mol. The van der Waals surface area contributed by atoms with Crippen LogP contribution < -0.4 is 9.64 Å². The van der Waals surface area contributed by atoms with E-state index in [0.717, 1.165) is 5.56 Å². The summed E-state index contributed by atoms with van der Waals surface area (Å²) in [6.07, 6.45) is 4.26. The zero-order chi connectivity index (χ0) is 34.4. The lowest BCUT2D eigenvalue weighted by atomic mass is 9.75. The number of hydrogen-bond acceptors (Lipinski definition) is 9. The molecule has 258 valence electrons. The minimum Gasteiger partial charge on any atom is -0.462 e. The zero-order valence-electron chi connectivity index (χ0n) is 27.9. The number of ether oxygens (including phenoxy) is 3. The maximum atomic E-state index is 13.5. The van der Waals surface area contributed by atoms with Crippen molar-refractivity contribution < 1.29 is 43.0 Å². The van der Waals surface area contributed by atoms with Gasteiger partial charge in [0.05, 0.1) is 41.2 Å². The van der Waals surface area contributed by atoms with E-state index in [1.165, 1.54) is 16.8 Å². The van der Waals surface area contributed by atoms with Crippen LogP contribution >= 0.6 is 0 Å². The van der Waals surface area contributed by atoms with Gasteiger partial charge >= 0.3 is 11.9 Å². The minimum absolute atomic E-state index is 0.153. The van der Waals surface area contributed by atoms with Crippen LogP contribution in [0.25, 0.3) is 0 Å². The van der Waals surface area contributed by atoms with Crippen LogP contribution in [-0.2, 0) is 38.2 Å². The molecule has 6 unspecified atom stereocenters. The number of rotatable bonds is 7. The first kappa shape index (κ1) is 33.0. The lowest BCUT2D eigenvalue weighted by Crippen LogP contribution is -2.37. The third kappa shape index (κ3) is 6.47. The Balaban J connectivity index is 0.873. The van der Waals surface area contributed by atoms with Gasteiger partial charge in [0.25, 0.3) is 0 Å². The molecule has 3 saturated carbocycles. The molecule has 11 nitrogen and oxygen atoms in total. The van der Waals surface area contributed by atoms with E-state index in [2.05, 4.69) is 0 Å². The molecule has 5 fully saturated rings. The molecule has 11 heteroatoms. The largest absolute Gasteiger partial charge is 0.462 e. The molecule has 0 spiro atoms. The molecule has 7 rings (SSSR count). The average molecular weight is 671 g/mol. The monoisotopic (exact) mass is 670 g/mol. The van der Waals surface area contributed by atoms with Crippen molar-refractivity contribution >= 4 is 41.3 Å². The Morgan fingerprint density at radius 2 is 1.00 bits per heavy atom. The first-order valence-electron chi connectivity index (χ1n) is 17.5. The summed E-state index contributed by atoms with van der Waals surface area (Å²) in [4.78, 5) is 80.2. The number of nitrogens with zero attached hydrogens (tertiary/aromatic N) is 2. The fraction of sp³-hybridized carbons (Fsp3) is 0.526. The number of hydrogen-bond donors (Lipinski definition) is 0. The van der Waals surface area contributed by atoms with Crippen molar-refractivity contribution in [2.24, 2.45) is 35.5 Å². The van der Waals surface area contributed by atoms with Gasteiger partial charge in [0.1, 0.15) is 23.7 Å². The predicted octanol–water partition coefficient (Wildman–Crippen LogP) is 5.12. The quantitative estimate of drug-likeness (QED) is 0.290. The number of likely N-dealkylation sites (tertiary alicyclic amines) is 1. The summed E-state index contributed by atoms with van der Waals surface area (Å²) in [5.74, 6) is -2.88. The van der Waals surface area contributed by atoms with Crippen molar-refractivity contribution in [1.82, 2.24) is 4.90 Å². The van der Waals surface area contributed by atoms with E-state index in [4.69, 9.17) is 14.2 Å². The number of amides is 4. The second-order valence-corrected chi connectivity index (χ2v) is 14.4. The van der Waals surface area contributed by atoms with Gasteiger partial charge in [0.15, 0.2) is 0 Å². The molecule has 49 heavy (non-hydrogen) atoms. The third-order valence-electron chi connectivity index (χ3n) is 11.3. The second kappa shape index (κ2) is 13.4. The van der Waals surface area contributed by atoms with Crippen molar-refractivity contribution in [3.8, 4) is 11.5 Å². The molecule has 4 amide bonds. The molecule has 3 aliphatic carbocycles. The SMILES string of the molecule is Cc1ccc(Oc2ccc(N3C(=O)C4CCC(C(=O)OC5CCC(OC(=O)C6CCC7C(=O)N(C)C(=O)C7C6)CC5)CC4C3=O)cc2)cc1. The summed E-state index contributed by atoms with van der Waals surface area (Å²) in [6, 6.07) is 14.6. The molecule has 2 aromatic rings. The molecule has 5 aliphatic rings. The molecule has 2 aliphatic heterocycles. The van der Waals surface area contributed by atoms with Crippen LogP contribution in [-0.4, -0.2) is 59.7 Å². The summed E-state index contributed by atoms with van der Waals surface area (Å²) in [6.45, 7) is 2.00. The molecular weight excluding hydrogens is 628 g/mol. The summed E-state index contributed by atoms with van der Waals surface area (Å²) < 4.78 is 17.6. The minimum atomic E-state index is -0.564. The van der Waals surface area contributed by atoms with Gasteiger partial charge in [-0.1, -0.05) is 17.7 Å². The number of imide groups is 2. The van der Waals surface area contributed by atoms with Gasteiger partial charge in [-0.3, -0.25) is 38.6 Å². The Hall–Kier alpha value is -4.54. The van der Waals surface area contributed by atoms with Gasteiger partial charge in [-0.15, -0.1) is 0 Å². The number of carbonyl (C=O) groups is 6. The smallest absolute Gasteiger partial charge is 0.309 e. The standard InChI is InChI=1S/C38H42N2O9/c1-21-3-9-25(10-4-21)47-26-11-7-24(8-12-26)40-35(43)30-18-6-23(20-32(30)36(40)44)38(46)49-28-15-13-27(14-16-28)48-37(45)22-5-17-29-31(19-22)34(42)39(2)33(29)41/h3-4,7-12,22-23,27-32H,5-6,13-20H2,1-2H3. The average Bonchev–Trinajstić information content (AvgIpc) is 3.49. The highest BCUT2D eigenvalue weighted by Crippen LogP contribution is 2.44. The molecule has 2 saturated heterocycles. The van der Waals surface area contributed by atoms with Gasteiger partial charge in [-0.25, -0.2) is 0 Å². The Morgan fingerprint density at radius 3 is 1.53 bits per heavy atom. The highest BCUT2D eigenvalue weighted by Gasteiger charge is 2.52. The van der Waals surface area contributed by atoms with Crippen LogP contribution in [0.5, 0.6) is 11.5 Å². The maximum Gasteiger partial charge on any atom is 0.309 e. The molecular formula is C38H42N2O9. The lowest BCUT2D eigenvalue weighted by molar-refractivity contribution is -0.165. The van der Waals surface area contributed by atoms with Crippen molar-refractivity contribution in [2.45, 2.75) is 83.3 Å². The topological polar surface area (TPSA) is 137 Å². The molecule has 6 atom stereocenters. The molecule has 2 heterocycles. The van der Waals surface area contributed by atoms with E-state index in [1.54, 1.807) is 24.3 Å². The van der Waals surface area contributed by atoms with Crippen LogP contribution in [0.2, 0.25) is 0 Å². The first-order valence-corrected chi connectivity index (χ1v) is 17.5. The summed E-state index contributed by atoms with van der Waals surface area (Å²) in [7, 11) is 1.50. The Labute approximate surface area is 285 Å². The van der Waals surface area contributed by atoms with Crippen LogP contribution in [0.3, 0.4) is 0 Å². The summed E-state index contributed by atoms with van der Waals surface area (Å²) in [5.41, 5.74) is 1.61. The van der Waals surface area contributed by atoms with Gasteiger partial charge < -0.3 is 14.2 Å². The normalized spacial score (nSPS) is 31.3. The van der Waals surface area contributed by atoms with E-state index in [1.807, 2.05) is 31.2 Å². The number of esters is 2. The second-order valence-electron chi connectivity index (χ2n) is 14.4. The molecule has 0 N–H and O–H groups in total. The van der Waals surface area contributed by atoms with Gasteiger partial charge in [0.2, 0.25) is 23.6 Å². The number of fused-ring (bicyclic) bond motifs is 2. The van der Waals surface area contributed by atoms with E-state index in [-0.39, 0.29) is 60.1 Å². The van der Waals surface area contributed by atoms with Crippen molar-refractivity contribution in [2.75, 3.05) is 11.9 Å². The van der Waals surface area contributed by atoms with Crippen molar-refractivity contribution in [3.63, 3.8) is 0 Å². The van der Waals surface area contributed by atoms with Crippen LogP contribution in [0.4, 0.5) is 5.69 Å². The van der Waals surface area contributed by atoms with Crippen molar-refractivity contribution in [3.05, 3.63) is 54.1 Å². The van der Waals surface area contributed by atoms with E-state index in [9.17, 15) is 28.8 Å². The number of aryl methyl sites for hydroxylation is 1. The highest BCUT2D eigenvalue weighted by molar-refractivity contribution is 6.22. The summed E-state index contributed by atoms with van der Waals surface area (Å²) >= 11 is 0. The maximum absolute atomic E-state index is 13.5. The summed E-state index contributed by atoms with van der Waals surface area (Å²) in [5, 5.41) is 0. The first-order chi connectivity index (χ1) is 23.6. The van der Waals surface area contributed by atoms with Crippen LogP contribution in [0.1, 0.15) is 69.8 Å². The van der Waals surface area contributed by atoms with Crippen LogP contribution in [0, 0.1) is 42.4 Å². The van der Waals surface area contributed by atoms with Crippen LogP contribution in [0.15, 0.2) is 48.5 Å². The van der Waals surface area contributed by atoms with Gasteiger partial charge in [0, 0.05) is 7.05 Å². The number of benzene rings is 2. The Bertz CT molecular complexity index is 1650. The Morgan fingerprint density at radius 1 is 0.571 bits per heavy atom. The van der Waals surface area contributed by atoms with E-state index < -0.39 is 29.6 Å². The Kier molecular flexibility index (Phi) is 9.02. The molecule has 0 bridgehead atoms. The lowest BCUT2D eigenvalue weighted by Gasteiger charge is -2.33. The molecule has 0 radical (unpaired) electrons.